The number of benzene rings is 1. The molecule has 2 rings (SSSR count). The van der Waals surface area contributed by atoms with Crippen molar-refractivity contribution in [2.24, 2.45) is 4.99 Å². The quantitative estimate of drug-likeness (QED) is 0.785. The van der Waals surface area contributed by atoms with Crippen LogP contribution in [0.25, 0.3) is 0 Å². The third-order valence-electron chi connectivity index (χ3n) is 2.74. The van der Waals surface area contributed by atoms with Crippen LogP contribution in [-0.2, 0) is 0 Å². The van der Waals surface area contributed by atoms with Crippen molar-refractivity contribution in [3.8, 4) is 17.2 Å². The van der Waals surface area contributed by atoms with Crippen LogP contribution < -0.4 is 14.2 Å². The van der Waals surface area contributed by atoms with E-state index in [1.807, 2.05) is 12.1 Å². The van der Waals surface area contributed by atoms with Crippen LogP contribution in [0.4, 0.5) is 5.69 Å². The van der Waals surface area contributed by atoms with Crippen LogP contribution in [0, 0.1) is 0 Å². The van der Waals surface area contributed by atoms with E-state index in [2.05, 4.69) is 9.98 Å². The van der Waals surface area contributed by atoms with Crippen LogP contribution in [0.2, 0.25) is 0 Å². The van der Waals surface area contributed by atoms with Crippen LogP contribution >= 0.6 is 0 Å². The Morgan fingerprint density at radius 3 is 2.25 bits per heavy atom. The van der Waals surface area contributed by atoms with Crippen LogP contribution in [0.1, 0.15) is 5.56 Å². The van der Waals surface area contributed by atoms with Crippen molar-refractivity contribution < 1.29 is 14.2 Å². The molecule has 0 aliphatic rings. The molecule has 0 N–H and O–H groups in total. The molecule has 1 heterocycles. The summed E-state index contributed by atoms with van der Waals surface area (Å²) in [4.78, 5) is 8.37. The van der Waals surface area contributed by atoms with Crippen LogP contribution in [0.15, 0.2) is 41.7 Å². The Bertz CT molecular complexity index is 572. The van der Waals surface area contributed by atoms with E-state index in [1.54, 1.807) is 52.1 Å². The predicted molar refractivity (Wildman–Crippen MR) is 77.6 cm³/mol. The fraction of sp³-hybridized carbons (Fsp3) is 0.200. The summed E-state index contributed by atoms with van der Waals surface area (Å²) >= 11 is 0. The SMILES string of the molecule is COc1cc(OC)c(C=Nc2cccnc2)c(OC)c1. The number of hydrogen-bond donors (Lipinski definition) is 0. The van der Waals surface area contributed by atoms with E-state index in [-0.39, 0.29) is 0 Å². The molecular weight excluding hydrogens is 256 g/mol. The van der Waals surface area contributed by atoms with Gasteiger partial charge in [-0.25, -0.2) is 0 Å². The molecule has 5 nitrogen and oxygen atoms in total. The van der Waals surface area contributed by atoms with Gasteiger partial charge < -0.3 is 14.2 Å². The molecule has 1 aromatic heterocycles. The number of methoxy groups -OCH3 is 3. The van der Waals surface area contributed by atoms with E-state index in [4.69, 9.17) is 14.2 Å². The summed E-state index contributed by atoms with van der Waals surface area (Å²) in [6.45, 7) is 0. The molecule has 0 unspecified atom stereocenters. The molecule has 0 bridgehead atoms. The molecule has 0 atom stereocenters. The topological polar surface area (TPSA) is 52.9 Å². The van der Waals surface area contributed by atoms with Gasteiger partial charge in [0.15, 0.2) is 0 Å². The molecule has 0 saturated carbocycles. The van der Waals surface area contributed by atoms with Gasteiger partial charge in [0.1, 0.15) is 17.2 Å². The Morgan fingerprint density at radius 1 is 1.05 bits per heavy atom. The molecule has 1 aromatic carbocycles. The first-order valence-electron chi connectivity index (χ1n) is 6.02. The Morgan fingerprint density at radius 2 is 1.75 bits per heavy atom. The van der Waals surface area contributed by atoms with Crippen molar-refractivity contribution in [1.82, 2.24) is 4.98 Å². The van der Waals surface area contributed by atoms with Gasteiger partial charge in [-0.15, -0.1) is 0 Å². The summed E-state index contributed by atoms with van der Waals surface area (Å²) in [5.74, 6) is 1.93. The van der Waals surface area contributed by atoms with Crippen molar-refractivity contribution >= 4 is 11.9 Å². The lowest BCUT2D eigenvalue weighted by Crippen LogP contribution is -1.97. The molecule has 0 fully saturated rings. The number of ether oxygens (including phenoxy) is 3. The molecule has 0 saturated heterocycles. The summed E-state index contributed by atoms with van der Waals surface area (Å²) < 4.78 is 15.9. The van der Waals surface area contributed by atoms with Gasteiger partial charge in [0, 0.05) is 24.5 Å². The highest BCUT2D eigenvalue weighted by Crippen LogP contribution is 2.33. The van der Waals surface area contributed by atoms with Crippen LogP contribution in [-0.4, -0.2) is 32.5 Å². The fourth-order valence-electron chi connectivity index (χ4n) is 1.73. The third-order valence-corrected chi connectivity index (χ3v) is 2.74. The van der Waals surface area contributed by atoms with Gasteiger partial charge in [-0.3, -0.25) is 9.98 Å². The van der Waals surface area contributed by atoms with E-state index in [1.165, 1.54) is 0 Å². The highest BCUT2D eigenvalue weighted by molar-refractivity contribution is 5.89. The van der Waals surface area contributed by atoms with E-state index in [0.29, 0.717) is 17.2 Å². The highest BCUT2D eigenvalue weighted by Gasteiger charge is 2.11. The zero-order valence-corrected chi connectivity index (χ0v) is 11.7. The Balaban J connectivity index is 2.42. The lowest BCUT2D eigenvalue weighted by atomic mass is 10.1. The number of hydrogen-bond acceptors (Lipinski definition) is 5. The highest BCUT2D eigenvalue weighted by atomic mass is 16.5. The van der Waals surface area contributed by atoms with Gasteiger partial charge in [-0.1, -0.05) is 0 Å². The molecule has 0 aliphatic carbocycles. The van der Waals surface area contributed by atoms with E-state index >= 15 is 0 Å². The lowest BCUT2D eigenvalue weighted by molar-refractivity contribution is 0.374. The first-order chi connectivity index (χ1) is 9.78. The van der Waals surface area contributed by atoms with Gasteiger partial charge >= 0.3 is 0 Å². The number of rotatable bonds is 5. The largest absolute Gasteiger partial charge is 0.496 e. The van der Waals surface area contributed by atoms with Crippen molar-refractivity contribution in [2.45, 2.75) is 0 Å². The summed E-state index contributed by atoms with van der Waals surface area (Å²) in [7, 11) is 4.78. The van der Waals surface area contributed by atoms with Crippen molar-refractivity contribution in [3.05, 3.63) is 42.2 Å². The maximum Gasteiger partial charge on any atom is 0.135 e. The van der Waals surface area contributed by atoms with Crippen LogP contribution in [0.3, 0.4) is 0 Å². The molecule has 104 valence electrons. The molecule has 2 aromatic rings. The summed E-state index contributed by atoms with van der Waals surface area (Å²) in [5.41, 5.74) is 1.51. The van der Waals surface area contributed by atoms with Gasteiger partial charge in [-0.2, -0.15) is 0 Å². The molecule has 0 spiro atoms. The molecule has 0 radical (unpaired) electrons. The smallest absolute Gasteiger partial charge is 0.135 e. The first kappa shape index (κ1) is 13.9. The number of aliphatic imine (C=N–C) groups is 1. The minimum absolute atomic E-state index is 0.633. The third kappa shape index (κ3) is 3.06. The van der Waals surface area contributed by atoms with Gasteiger partial charge in [0.05, 0.1) is 38.8 Å². The zero-order valence-electron chi connectivity index (χ0n) is 11.7. The number of aromatic nitrogens is 1. The summed E-state index contributed by atoms with van der Waals surface area (Å²) in [5, 5.41) is 0. The second-order valence-corrected chi connectivity index (χ2v) is 3.92. The van der Waals surface area contributed by atoms with Gasteiger partial charge in [0.2, 0.25) is 0 Å². The standard InChI is InChI=1S/C15H16N2O3/c1-18-12-7-14(19-2)13(15(8-12)20-3)10-17-11-5-4-6-16-9-11/h4-10H,1-3H3. The normalized spacial score (nSPS) is 10.6. The predicted octanol–water partition coefficient (Wildman–Crippen LogP) is 2.86. The van der Waals surface area contributed by atoms with Crippen LogP contribution in [0.5, 0.6) is 17.2 Å². The van der Waals surface area contributed by atoms with E-state index in [9.17, 15) is 0 Å². The van der Waals surface area contributed by atoms with Crippen molar-refractivity contribution in [1.29, 1.82) is 0 Å². The van der Waals surface area contributed by atoms with Gasteiger partial charge in [-0.05, 0) is 12.1 Å². The van der Waals surface area contributed by atoms with Crippen molar-refractivity contribution in [3.63, 3.8) is 0 Å². The van der Waals surface area contributed by atoms with E-state index in [0.717, 1.165) is 11.3 Å². The number of pyridine rings is 1. The Hall–Kier alpha value is -2.56. The lowest BCUT2D eigenvalue weighted by Gasteiger charge is -2.12. The molecule has 0 aliphatic heterocycles. The summed E-state index contributed by atoms with van der Waals surface area (Å²) in [6, 6.07) is 7.27. The maximum atomic E-state index is 5.35. The molecular formula is C15H16N2O3. The maximum absolute atomic E-state index is 5.35. The molecule has 0 amide bonds. The second-order valence-electron chi connectivity index (χ2n) is 3.92. The molecule has 5 heteroatoms. The van der Waals surface area contributed by atoms with E-state index < -0.39 is 0 Å². The second kappa shape index (κ2) is 6.56. The monoisotopic (exact) mass is 272 g/mol. The first-order valence-corrected chi connectivity index (χ1v) is 6.02. The average Bonchev–Trinajstić information content (AvgIpc) is 2.52. The zero-order chi connectivity index (χ0) is 14.4. The number of nitrogens with zero attached hydrogens (tertiary/aromatic N) is 2. The minimum Gasteiger partial charge on any atom is -0.496 e. The van der Waals surface area contributed by atoms with Gasteiger partial charge in [0.25, 0.3) is 0 Å². The summed E-state index contributed by atoms with van der Waals surface area (Å²) in [6.07, 6.45) is 5.07. The minimum atomic E-state index is 0.633. The fourth-order valence-corrected chi connectivity index (χ4v) is 1.73. The average molecular weight is 272 g/mol. The Labute approximate surface area is 117 Å². The van der Waals surface area contributed by atoms with Crippen molar-refractivity contribution in [2.75, 3.05) is 21.3 Å². The Kier molecular flexibility index (Phi) is 4.55. The molecule has 20 heavy (non-hydrogen) atoms.